The zero-order valence-electron chi connectivity index (χ0n) is 19.2. The molecule has 1 aliphatic rings. The van der Waals surface area contributed by atoms with Crippen LogP contribution in [0.15, 0.2) is 52.2 Å². The van der Waals surface area contributed by atoms with Crippen molar-refractivity contribution < 1.29 is 27.9 Å². The van der Waals surface area contributed by atoms with Crippen molar-refractivity contribution >= 4 is 29.2 Å². The van der Waals surface area contributed by atoms with Gasteiger partial charge in [0, 0.05) is 18.9 Å². The van der Waals surface area contributed by atoms with Gasteiger partial charge in [0.15, 0.2) is 0 Å². The summed E-state index contributed by atoms with van der Waals surface area (Å²) < 4.78 is 41.3. The summed E-state index contributed by atoms with van der Waals surface area (Å²) in [6.45, 7) is 2.70. The maximum absolute atomic E-state index is 13.3. The van der Waals surface area contributed by atoms with Crippen LogP contribution in [0, 0.1) is 0 Å². The van der Waals surface area contributed by atoms with Crippen molar-refractivity contribution in [3.8, 4) is 5.69 Å². The lowest BCUT2D eigenvalue weighted by molar-refractivity contribution is -0.137. The molecular formula is C24H19ClF3N3O5. The third-order valence-corrected chi connectivity index (χ3v) is 6.69. The summed E-state index contributed by atoms with van der Waals surface area (Å²) >= 11 is 5.93. The van der Waals surface area contributed by atoms with Gasteiger partial charge in [-0.05, 0) is 49.2 Å². The number of carbonyl (C=O) groups is 2. The Labute approximate surface area is 206 Å². The van der Waals surface area contributed by atoms with Crippen LogP contribution in [-0.2, 0) is 22.9 Å². The van der Waals surface area contributed by atoms with E-state index < -0.39 is 51.5 Å². The van der Waals surface area contributed by atoms with Gasteiger partial charge in [-0.25, -0.2) is 9.59 Å². The largest absolute Gasteiger partial charge is 0.477 e. The molecule has 3 aromatic rings. The summed E-state index contributed by atoms with van der Waals surface area (Å²) in [6.07, 6.45) is -3.92. The minimum Gasteiger partial charge on any atom is -0.477 e. The Bertz CT molecular complexity index is 1560. The van der Waals surface area contributed by atoms with Crippen LogP contribution in [0.1, 0.15) is 40.9 Å². The lowest BCUT2D eigenvalue weighted by atomic mass is 9.86. The van der Waals surface area contributed by atoms with Crippen LogP contribution in [0.2, 0.25) is 5.02 Å². The molecule has 0 bridgehead atoms. The Morgan fingerprint density at radius 1 is 1.11 bits per heavy atom. The van der Waals surface area contributed by atoms with Crippen LogP contribution in [0.4, 0.5) is 18.9 Å². The van der Waals surface area contributed by atoms with E-state index >= 15 is 0 Å². The molecule has 1 aliphatic heterocycles. The average molecular weight is 522 g/mol. The number of rotatable bonds is 4. The highest BCUT2D eigenvalue weighted by Gasteiger charge is 2.42. The van der Waals surface area contributed by atoms with Crippen molar-refractivity contribution in [3.05, 3.63) is 90.7 Å². The molecule has 188 valence electrons. The minimum absolute atomic E-state index is 0.168. The van der Waals surface area contributed by atoms with Crippen molar-refractivity contribution in [3.63, 3.8) is 0 Å². The first-order valence-corrected chi connectivity index (χ1v) is 10.9. The maximum Gasteiger partial charge on any atom is 0.417 e. The van der Waals surface area contributed by atoms with Crippen LogP contribution in [0.5, 0.6) is 0 Å². The summed E-state index contributed by atoms with van der Waals surface area (Å²) in [5.74, 6) is -1.81. The number of carboxylic acid groups (broad SMARTS) is 1. The van der Waals surface area contributed by atoms with E-state index in [1.54, 1.807) is 27.0 Å². The standard InChI is InChI=1S/C24H19ClF3N3O5/c1-23(2)16-9-13(7-8-17(16)29(3)21(23)35)30-11-14(20(33)34)19(32)31(22(30)36)10-12-5-4-6-15(18(12)25)24(26,27)28/h4-9,11H,10H2,1-3H3,(H,33,34). The number of anilines is 1. The molecule has 0 unspecified atom stereocenters. The molecule has 1 aromatic heterocycles. The molecule has 0 radical (unpaired) electrons. The number of halogens is 4. The molecule has 8 nitrogen and oxygen atoms in total. The summed E-state index contributed by atoms with van der Waals surface area (Å²) in [4.78, 5) is 52.1. The number of carbonyl (C=O) groups excluding carboxylic acids is 1. The van der Waals surface area contributed by atoms with Gasteiger partial charge in [0.25, 0.3) is 5.56 Å². The zero-order valence-corrected chi connectivity index (χ0v) is 19.9. The predicted octanol–water partition coefficient (Wildman–Crippen LogP) is 3.67. The molecule has 0 fully saturated rings. The molecule has 12 heteroatoms. The van der Waals surface area contributed by atoms with Crippen LogP contribution in [0.25, 0.3) is 5.69 Å². The number of aromatic nitrogens is 2. The van der Waals surface area contributed by atoms with Crippen LogP contribution in [0.3, 0.4) is 0 Å². The monoisotopic (exact) mass is 521 g/mol. The molecule has 4 rings (SSSR count). The Morgan fingerprint density at radius 2 is 1.78 bits per heavy atom. The molecule has 0 atom stereocenters. The van der Waals surface area contributed by atoms with Crippen molar-refractivity contribution in [1.29, 1.82) is 0 Å². The van der Waals surface area contributed by atoms with Gasteiger partial charge in [-0.3, -0.25) is 18.7 Å². The molecule has 1 N–H and O–H groups in total. The number of fused-ring (bicyclic) bond motifs is 1. The second-order valence-electron chi connectivity index (χ2n) is 8.86. The number of hydrogen-bond donors (Lipinski definition) is 1. The first kappa shape index (κ1) is 25.2. The summed E-state index contributed by atoms with van der Waals surface area (Å²) in [5.41, 5.74) is -3.89. The molecule has 0 saturated carbocycles. The van der Waals surface area contributed by atoms with E-state index in [9.17, 15) is 37.5 Å². The first-order valence-electron chi connectivity index (χ1n) is 10.5. The molecule has 36 heavy (non-hydrogen) atoms. The molecule has 1 amide bonds. The van der Waals surface area contributed by atoms with Gasteiger partial charge in [-0.1, -0.05) is 23.7 Å². The Kier molecular flexibility index (Phi) is 5.87. The van der Waals surface area contributed by atoms with E-state index in [4.69, 9.17) is 11.6 Å². The highest BCUT2D eigenvalue weighted by molar-refractivity contribution is 6.32. The third kappa shape index (κ3) is 3.89. The minimum atomic E-state index is -4.77. The van der Waals surface area contributed by atoms with E-state index in [0.29, 0.717) is 15.8 Å². The van der Waals surface area contributed by atoms with Gasteiger partial charge in [0.2, 0.25) is 5.91 Å². The smallest absolute Gasteiger partial charge is 0.417 e. The Morgan fingerprint density at radius 3 is 2.39 bits per heavy atom. The highest BCUT2D eigenvalue weighted by Crippen LogP contribution is 2.41. The SMILES string of the molecule is CN1C(=O)C(C)(C)c2cc(-n3cc(C(=O)O)c(=O)n(Cc4cccc(C(F)(F)F)c4Cl)c3=O)ccc21. The number of benzene rings is 2. The predicted molar refractivity (Wildman–Crippen MR) is 125 cm³/mol. The van der Waals surface area contributed by atoms with Crippen molar-refractivity contribution in [1.82, 2.24) is 9.13 Å². The third-order valence-electron chi connectivity index (χ3n) is 6.25. The molecule has 0 saturated heterocycles. The lowest BCUT2D eigenvalue weighted by Crippen LogP contribution is -2.42. The zero-order chi connectivity index (χ0) is 26.7. The molecule has 0 spiro atoms. The van der Waals surface area contributed by atoms with E-state index in [1.165, 1.54) is 23.1 Å². The average Bonchev–Trinajstić information content (AvgIpc) is 2.96. The number of alkyl halides is 3. The first-order chi connectivity index (χ1) is 16.7. The van der Waals surface area contributed by atoms with Crippen LogP contribution >= 0.6 is 11.6 Å². The summed E-state index contributed by atoms with van der Waals surface area (Å²) in [7, 11) is 1.60. The number of nitrogens with zero attached hydrogens (tertiary/aromatic N) is 3. The van der Waals surface area contributed by atoms with Gasteiger partial charge in [0.05, 0.1) is 28.2 Å². The number of likely N-dealkylation sites (N-methyl/N-ethyl adjacent to an activating group) is 1. The molecule has 2 heterocycles. The number of hydrogen-bond acceptors (Lipinski definition) is 4. The highest BCUT2D eigenvalue weighted by atomic mass is 35.5. The number of aromatic carboxylic acids is 1. The van der Waals surface area contributed by atoms with E-state index in [1.807, 2.05) is 0 Å². The number of carboxylic acids is 1. The van der Waals surface area contributed by atoms with Crippen molar-refractivity contribution in [2.75, 3.05) is 11.9 Å². The topological polar surface area (TPSA) is 102 Å². The van der Waals surface area contributed by atoms with E-state index in [-0.39, 0.29) is 17.2 Å². The van der Waals surface area contributed by atoms with Crippen LogP contribution < -0.4 is 16.1 Å². The summed E-state index contributed by atoms with van der Waals surface area (Å²) in [5, 5.41) is 8.87. The number of amides is 1. The van der Waals surface area contributed by atoms with Gasteiger partial charge >= 0.3 is 17.8 Å². The van der Waals surface area contributed by atoms with E-state index in [2.05, 4.69) is 0 Å². The van der Waals surface area contributed by atoms with Crippen LogP contribution in [-0.4, -0.2) is 33.2 Å². The normalized spacial score (nSPS) is 14.8. The second-order valence-corrected chi connectivity index (χ2v) is 9.24. The van der Waals surface area contributed by atoms with Crippen molar-refractivity contribution in [2.24, 2.45) is 0 Å². The van der Waals surface area contributed by atoms with Gasteiger partial charge in [-0.2, -0.15) is 13.2 Å². The molecule has 0 aliphatic carbocycles. The van der Waals surface area contributed by atoms with Gasteiger partial charge in [0.1, 0.15) is 5.56 Å². The fraction of sp³-hybridized carbons (Fsp3) is 0.250. The van der Waals surface area contributed by atoms with E-state index in [0.717, 1.165) is 22.9 Å². The fourth-order valence-electron chi connectivity index (χ4n) is 4.27. The summed E-state index contributed by atoms with van der Waals surface area (Å²) in [6, 6.07) is 7.64. The van der Waals surface area contributed by atoms with Gasteiger partial charge < -0.3 is 10.0 Å². The second kappa shape index (κ2) is 8.37. The Balaban J connectivity index is 1.93. The molecule has 2 aromatic carbocycles. The van der Waals surface area contributed by atoms with Crippen molar-refractivity contribution in [2.45, 2.75) is 32.0 Å². The lowest BCUT2D eigenvalue weighted by Gasteiger charge is -2.18. The Hall–Kier alpha value is -3.86. The quantitative estimate of drug-likeness (QED) is 0.564. The maximum atomic E-state index is 13.3. The molecular weight excluding hydrogens is 503 g/mol. The van der Waals surface area contributed by atoms with Gasteiger partial charge in [-0.15, -0.1) is 0 Å². The fourth-order valence-corrected chi connectivity index (χ4v) is 4.57.